The zero-order valence-electron chi connectivity index (χ0n) is 17.7. The van der Waals surface area contributed by atoms with Crippen molar-refractivity contribution in [3.8, 4) is 11.3 Å². The van der Waals surface area contributed by atoms with Crippen LogP contribution < -0.4 is 21.7 Å². The number of thiophene rings is 1. The maximum absolute atomic E-state index is 12.3. The molecule has 0 fully saturated rings. The Morgan fingerprint density at radius 2 is 2.19 bits per heavy atom. The van der Waals surface area contributed by atoms with Gasteiger partial charge in [-0.15, -0.1) is 11.3 Å². The first-order valence-corrected chi connectivity index (χ1v) is 11.3. The number of nitrogen functional groups attached to an aromatic ring is 1. The molecule has 162 valence electrons. The average Bonchev–Trinajstić information content (AvgIpc) is 3.41. The van der Waals surface area contributed by atoms with Crippen molar-refractivity contribution in [1.82, 2.24) is 25.9 Å². The van der Waals surface area contributed by atoms with E-state index in [0.29, 0.717) is 17.5 Å². The van der Waals surface area contributed by atoms with E-state index in [9.17, 15) is 4.79 Å². The van der Waals surface area contributed by atoms with Crippen LogP contribution in [0.5, 0.6) is 0 Å². The third-order valence-electron chi connectivity index (χ3n) is 5.25. The molecule has 1 aliphatic rings. The number of hydrogen-bond acceptors (Lipinski definition) is 8. The molecule has 0 spiro atoms. The van der Waals surface area contributed by atoms with Gasteiger partial charge in [0, 0.05) is 30.1 Å². The fourth-order valence-corrected chi connectivity index (χ4v) is 4.57. The van der Waals surface area contributed by atoms with Crippen molar-refractivity contribution in [2.75, 3.05) is 25.4 Å². The summed E-state index contributed by atoms with van der Waals surface area (Å²) < 4.78 is 0. The van der Waals surface area contributed by atoms with E-state index in [1.807, 2.05) is 13.0 Å². The largest absolute Gasteiger partial charge is 0.372 e. The lowest BCUT2D eigenvalue weighted by atomic mass is 10.00. The number of aliphatic imine (C=N–C) groups is 1. The van der Waals surface area contributed by atoms with Gasteiger partial charge in [0.25, 0.3) is 5.91 Å². The molecule has 3 aromatic rings. The highest BCUT2D eigenvalue weighted by Gasteiger charge is 2.17. The highest BCUT2D eigenvalue weighted by Crippen LogP contribution is 2.34. The van der Waals surface area contributed by atoms with Crippen molar-refractivity contribution in [2.45, 2.75) is 32.9 Å². The van der Waals surface area contributed by atoms with Crippen LogP contribution in [0.1, 0.15) is 34.1 Å². The van der Waals surface area contributed by atoms with Crippen molar-refractivity contribution in [1.29, 1.82) is 0 Å². The Morgan fingerprint density at radius 3 is 2.97 bits per heavy atom. The number of anilines is 1. The highest BCUT2D eigenvalue weighted by atomic mass is 32.1. The number of nitrogens with one attached hydrogen (secondary N) is 3. The van der Waals surface area contributed by atoms with Crippen LogP contribution in [-0.2, 0) is 6.54 Å². The summed E-state index contributed by atoms with van der Waals surface area (Å²) in [6.07, 6.45) is 2.81. The summed E-state index contributed by atoms with van der Waals surface area (Å²) >= 11 is 1.34. The maximum atomic E-state index is 12.3. The Hall–Kier alpha value is -3.04. The molecule has 0 bridgehead atoms. The van der Waals surface area contributed by atoms with Crippen molar-refractivity contribution in [3.63, 3.8) is 0 Å². The van der Waals surface area contributed by atoms with Crippen LogP contribution in [0.2, 0.25) is 0 Å². The first-order valence-electron chi connectivity index (χ1n) is 10.5. The van der Waals surface area contributed by atoms with E-state index in [-0.39, 0.29) is 11.9 Å². The molecule has 1 atom stereocenters. The molecule has 0 aliphatic carbocycles. The van der Waals surface area contributed by atoms with Crippen molar-refractivity contribution in [2.24, 2.45) is 4.99 Å². The van der Waals surface area contributed by atoms with E-state index in [4.69, 9.17) is 5.73 Å². The fraction of sp³-hybridized carbons (Fsp3) is 0.364. The molecule has 9 heteroatoms. The number of amides is 1. The summed E-state index contributed by atoms with van der Waals surface area (Å²) in [5.74, 6) is 0.104. The zero-order valence-corrected chi connectivity index (χ0v) is 18.6. The second-order valence-corrected chi connectivity index (χ2v) is 8.62. The summed E-state index contributed by atoms with van der Waals surface area (Å²) in [5.41, 5.74) is 10.0. The molecule has 3 heterocycles. The molecule has 4 rings (SSSR count). The predicted octanol–water partition coefficient (Wildman–Crippen LogP) is 2.48. The molecule has 0 saturated heterocycles. The fourth-order valence-electron chi connectivity index (χ4n) is 3.61. The summed E-state index contributed by atoms with van der Waals surface area (Å²) in [7, 11) is 0. The molecule has 2 aromatic heterocycles. The number of hydrogen-bond donors (Lipinski definition) is 4. The Labute approximate surface area is 185 Å². The minimum Gasteiger partial charge on any atom is -0.372 e. The van der Waals surface area contributed by atoms with Gasteiger partial charge in [-0.3, -0.25) is 9.79 Å². The highest BCUT2D eigenvalue weighted by molar-refractivity contribution is 7.20. The third-order valence-corrected chi connectivity index (χ3v) is 6.28. The Morgan fingerprint density at radius 1 is 1.32 bits per heavy atom. The van der Waals surface area contributed by atoms with Crippen LogP contribution in [0.3, 0.4) is 0 Å². The van der Waals surface area contributed by atoms with Gasteiger partial charge in [0.15, 0.2) is 0 Å². The van der Waals surface area contributed by atoms with Crippen molar-refractivity contribution in [3.05, 3.63) is 40.3 Å². The number of rotatable bonds is 8. The summed E-state index contributed by atoms with van der Waals surface area (Å²) in [4.78, 5) is 26.7. The second kappa shape index (κ2) is 9.40. The molecule has 8 nitrogen and oxygen atoms in total. The summed E-state index contributed by atoms with van der Waals surface area (Å²) in [6, 6.07) is 8.65. The van der Waals surface area contributed by atoms with E-state index in [1.165, 1.54) is 16.9 Å². The summed E-state index contributed by atoms with van der Waals surface area (Å²) in [6.45, 7) is 7.05. The first kappa shape index (κ1) is 21.2. The van der Waals surface area contributed by atoms with Gasteiger partial charge in [0.1, 0.15) is 4.83 Å². The van der Waals surface area contributed by atoms with E-state index < -0.39 is 0 Å². The number of nitrogens with two attached hydrogens (primary N) is 1. The number of aryl methyl sites for hydroxylation is 1. The average molecular weight is 438 g/mol. The van der Waals surface area contributed by atoms with Gasteiger partial charge in [0.2, 0.25) is 5.95 Å². The Balaban J connectivity index is 1.57. The topological polar surface area (TPSA) is 117 Å². The number of carbonyl (C=O) groups excluding carboxylic acids is 1. The molecule has 1 unspecified atom stereocenters. The minimum atomic E-state index is -0.105. The number of fused-ring (bicyclic) bond motifs is 1. The lowest BCUT2D eigenvalue weighted by Gasteiger charge is -2.12. The van der Waals surface area contributed by atoms with Gasteiger partial charge in [0.05, 0.1) is 23.5 Å². The monoisotopic (exact) mass is 437 g/mol. The zero-order chi connectivity index (χ0) is 21.8. The first-order chi connectivity index (χ1) is 15.0. The Bertz CT molecular complexity index is 1120. The molecule has 5 N–H and O–H groups in total. The SMILES string of the molecule is CCNC(=O)c1cc2c(-c3cc(CNCCC4CN=CN4)ccc3C)nc(N)nc2s1. The third kappa shape index (κ3) is 4.83. The smallest absolute Gasteiger partial charge is 0.261 e. The van der Waals surface area contributed by atoms with Crippen LogP contribution in [-0.4, -0.2) is 47.9 Å². The lowest BCUT2D eigenvalue weighted by Crippen LogP contribution is -2.29. The van der Waals surface area contributed by atoms with Gasteiger partial charge < -0.3 is 21.7 Å². The number of aromatic nitrogens is 2. The van der Waals surface area contributed by atoms with Gasteiger partial charge in [-0.05, 0) is 50.1 Å². The van der Waals surface area contributed by atoms with Gasteiger partial charge in [-0.2, -0.15) is 0 Å². The standard InChI is InChI=1S/C22H27N7OS/c1-3-26-20(30)18-9-17-19(28-22(23)29-21(17)31-18)16-8-14(5-4-13(16)2)10-24-7-6-15-11-25-12-27-15/h4-5,8-9,12,15,24H,3,6-7,10-11H2,1-2H3,(H,25,27)(H,26,30)(H2,23,28,29). The molecule has 1 aromatic carbocycles. The van der Waals surface area contributed by atoms with Gasteiger partial charge in [-0.25, -0.2) is 9.97 Å². The molecule has 0 radical (unpaired) electrons. The molecule has 0 saturated carbocycles. The quantitative estimate of drug-likeness (QED) is 0.402. The summed E-state index contributed by atoms with van der Waals surface area (Å²) in [5, 5.41) is 10.4. The van der Waals surface area contributed by atoms with E-state index >= 15 is 0 Å². The number of nitrogens with zero attached hydrogens (tertiary/aromatic N) is 3. The van der Waals surface area contributed by atoms with E-state index in [2.05, 4.69) is 56.0 Å². The lowest BCUT2D eigenvalue weighted by molar-refractivity contribution is 0.0960. The number of carbonyl (C=O) groups is 1. The van der Waals surface area contributed by atoms with Gasteiger partial charge >= 0.3 is 0 Å². The van der Waals surface area contributed by atoms with Gasteiger partial charge in [-0.1, -0.05) is 12.1 Å². The van der Waals surface area contributed by atoms with E-state index in [1.54, 1.807) is 6.34 Å². The van der Waals surface area contributed by atoms with Crippen LogP contribution >= 0.6 is 11.3 Å². The van der Waals surface area contributed by atoms with Crippen molar-refractivity contribution < 1.29 is 4.79 Å². The van der Waals surface area contributed by atoms with Crippen LogP contribution in [0.15, 0.2) is 29.3 Å². The second-order valence-electron chi connectivity index (χ2n) is 7.59. The molecule has 1 amide bonds. The maximum Gasteiger partial charge on any atom is 0.261 e. The Kier molecular flexibility index (Phi) is 6.43. The normalized spacial score (nSPS) is 15.4. The molecular formula is C22H27N7OS. The van der Waals surface area contributed by atoms with Crippen LogP contribution in [0.25, 0.3) is 21.5 Å². The van der Waals surface area contributed by atoms with E-state index in [0.717, 1.165) is 53.1 Å². The van der Waals surface area contributed by atoms with Crippen molar-refractivity contribution >= 4 is 39.7 Å². The predicted molar refractivity (Wildman–Crippen MR) is 127 cm³/mol. The van der Waals surface area contributed by atoms with Crippen LogP contribution in [0.4, 0.5) is 5.95 Å². The molecule has 31 heavy (non-hydrogen) atoms. The molecular weight excluding hydrogens is 410 g/mol. The number of benzene rings is 1. The molecule has 1 aliphatic heterocycles. The van der Waals surface area contributed by atoms with Crippen LogP contribution in [0, 0.1) is 6.92 Å². The minimum absolute atomic E-state index is 0.105.